The fraction of sp³-hybridized carbons (Fsp3) is 0.138. The molecule has 0 saturated heterocycles. The molecule has 2 N–H and O–H groups in total. The number of methoxy groups -OCH3 is 1. The Balaban J connectivity index is 0.000000218. The number of rotatable bonds is 4. The number of anilines is 2. The molecule has 0 fully saturated rings. The van der Waals surface area contributed by atoms with Gasteiger partial charge in [-0.2, -0.15) is 26.3 Å². The first kappa shape index (κ1) is 29.1. The number of halogens is 6. The molecule has 0 saturated carbocycles. The summed E-state index contributed by atoms with van der Waals surface area (Å²) in [6, 6.07) is 23.8. The Morgan fingerprint density at radius 2 is 1.00 bits per heavy atom. The largest absolute Gasteiger partial charge is 0.453 e. The highest BCUT2D eigenvalue weighted by molar-refractivity contribution is 5.85. The van der Waals surface area contributed by atoms with E-state index in [2.05, 4.69) is 15.4 Å². The molecule has 204 valence electrons. The molecule has 4 aromatic rings. The lowest BCUT2D eigenvalue weighted by atomic mass is 9.99. The van der Waals surface area contributed by atoms with E-state index < -0.39 is 29.6 Å². The Morgan fingerprint density at radius 1 is 0.615 bits per heavy atom. The van der Waals surface area contributed by atoms with E-state index in [4.69, 9.17) is 0 Å². The van der Waals surface area contributed by atoms with E-state index in [0.29, 0.717) is 16.8 Å². The van der Waals surface area contributed by atoms with Crippen LogP contribution in [0.3, 0.4) is 0 Å². The second-order valence-electron chi connectivity index (χ2n) is 8.11. The number of carbonyl (C=O) groups excluding carboxylic acids is 1. The molecule has 0 atom stereocenters. The standard InChI is InChI=1S/C15H12F3NO2.C14H12F3N/c1-21-14(20)19-11-8-6-10(7-9-11)12-4-2-3-5-13(12)15(16,17)18;1-18-11-8-6-10(7-9-11)12-4-2-3-5-13(12)14(15,16)17/h2-9H,1H3,(H,19,20);2-9,18H,1H3. The zero-order valence-electron chi connectivity index (χ0n) is 20.8. The van der Waals surface area contributed by atoms with Gasteiger partial charge in [0.15, 0.2) is 0 Å². The smallest absolute Gasteiger partial charge is 0.417 e. The number of ether oxygens (including phenoxy) is 1. The number of hydrogen-bond donors (Lipinski definition) is 2. The van der Waals surface area contributed by atoms with E-state index in [1.54, 1.807) is 43.4 Å². The van der Waals surface area contributed by atoms with Gasteiger partial charge < -0.3 is 10.1 Å². The minimum absolute atomic E-state index is 0.0922. The molecule has 0 unspecified atom stereocenters. The van der Waals surface area contributed by atoms with Gasteiger partial charge in [0, 0.05) is 18.4 Å². The second kappa shape index (κ2) is 12.4. The van der Waals surface area contributed by atoms with Crippen molar-refractivity contribution in [3.8, 4) is 22.3 Å². The summed E-state index contributed by atoms with van der Waals surface area (Å²) in [6.07, 6.45) is -9.39. The van der Waals surface area contributed by atoms with Gasteiger partial charge >= 0.3 is 18.4 Å². The molecule has 0 aliphatic heterocycles. The lowest BCUT2D eigenvalue weighted by molar-refractivity contribution is -0.137. The van der Waals surface area contributed by atoms with Crippen molar-refractivity contribution >= 4 is 17.5 Å². The molecule has 0 aromatic heterocycles. The molecule has 0 aliphatic rings. The first-order chi connectivity index (χ1) is 18.4. The van der Waals surface area contributed by atoms with E-state index in [0.717, 1.165) is 17.8 Å². The molecule has 10 heteroatoms. The summed E-state index contributed by atoms with van der Waals surface area (Å²) in [5.74, 6) is 0. The highest BCUT2D eigenvalue weighted by Crippen LogP contribution is 2.38. The van der Waals surface area contributed by atoms with Crippen LogP contribution in [-0.2, 0) is 17.1 Å². The van der Waals surface area contributed by atoms with Gasteiger partial charge in [0.1, 0.15) is 0 Å². The highest BCUT2D eigenvalue weighted by atomic mass is 19.4. The first-order valence-corrected chi connectivity index (χ1v) is 11.5. The number of benzene rings is 4. The van der Waals surface area contributed by atoms with Crippen LogP contribution in [0.4, 0.5) is 42.5 Å². The topological polar surface area (TPSA) is 50.4 Å². The van der Waals surface area contributed by atoms with Crippen molar-refractivity contribution in [2.75, 3.05) is 24.8 Å². The minimum Gasteiger partial charge on any atom is -0.453 e. The lowest BCUT2D eigenvalue weighted by Crippen LogP contribution is -2.10. The summed E-state index contributed by atoms with van der Waals surface area (Å²) in [5.41, 5.74) is 1.27. The number of nitrogens with one attached hydrogen (secondary N) is 2. The Bertz CT molecular complexity index is 1380. The SMILES string of the molecule is CNc1ccc(-c2ccccc2C(F)(F)F)cc1.COC(=O)Nc1ccc(-c2ccccc2C(F)(F)F)cc1. The van der Waals surface area contributed by atoms with Crippen LogP contribution in [0.15, 0.2) is 97.1 Å². The van der Waals surface area contributed by atoms with Gasteiger partial charge in [-0.3, -0.25) is 5.32 Å². The molecule has 1 amide bonds. The maximum atomic E-state index is 13.0. The average molecular weight is 547 g/mol. The van der Waals surface area contributed by atoms with Crippen molar-refractivity contribution in [2.45, 2.75) is 12.4 Å². The van der Waals surface area contributed by atoms with Gasteiger partial charge in [0.05, 0.1) is 18.2 Å². The van der Waals surface area contributed by atoms with Crippen LogP contribution < -0.4 is 10.6 Å². The van der Waals surface area contributed by atoms with Crippen LogP contribution in [0.2, 0.25) is 0 Å². The zero-order valence-corrected chi connectivity index (χ0v) is 20.8. The molecular formula is C29H24F6N2O2. The van der Waals surface area contributed by atoms with Gasteiger partial charge in [-0.1, -0.05) is 60.7 Å². The normalized spacial score (nSPS) is 11.2. The van der Waals surface area contributed by atoms with Crippen molar-refractivity contribution < 1.29 is 35.9 Å². The van der Waals surface area contributed by atoms with Crippen LogP contribution in [0.25, 0.3) is 22.3 Å². The van der Waals surface area contributed by atoms with Crippen LogP contribution in [0.5, 0.6) is 0 Å². The zero-order chi connectivity index (χ0) is 28.6. The van der Waals surface area contributed by atoms with Crippen LogP contribution in [-0.4, -0.2) is 20.3 Å². The third-order valence-corrected chi connectivity index (χ3v) is 5.58. The third kappa shape index (κ3) is 7.76. The van der Waals surface area contributed by atoms with Gasteiger partial charge in [-0.15, -0.1) is 0 Å². The summed E-state index contributed by atoms with van der Waals surface area (Å²) in [4.78, 5) is 11.0. The van der Waals surface area contributed by atoms with Gasteiger partial charge in [0.25, 0.3) is 0 Å². The molecule has 4 aromatic carbocycles. The minimum atomic E-state index is -4.42. The maximum absolute atomic E-state index is 13.0. The quantitative estimate of drug-likeness (QED) is 0.251. The third-order valence-electron chi connectivity index (χ3n) is 5.58. The van der Waals surface area contributed by atoms with Crippen LogP contribution >= 0.6 is 0 Å². The molecule has 0 bridgehead atoms. The molecule has 0 spiro atoms. The van der Waals surface area contributed by atoms with Crippen molar-refractivity contribution in [1.29, 1.82) is 0 Å². The number of hydrogen-bond acceptors (Lipinski definition) is 3. The lowest BCUT2D eigenvalue weighted by Gasteiger charge is -2.13. The van der Waals surface area contributed by atoms with Crippen molar-refractivity contribution in [3.05, 3.63) is 108 Å². The van der Waals surface area contributed by atoms with Gasteiger partial charge in [-0.25, -0.2) is 4.79 Å². The molecule has 0 radical (unpaired) electrons. The van der Waals surface area contributed by atoms with Crippen LogP contribution in [0, 0.1) is 0 Å². The van der Waals surface area contributed by atoms with Crippen molar-refractivity contribution in [2.24, 2.45) is 0 Å². The van der Waals surface area contributed by atoms with E-state index in [1.165, 1.54) is 55.6 Å². The van der Waals surface area contributed by atoms with Crippen molar-refractivity contribution in [3.63, 3.8) is 0 Å². The molecule has 4 nitrogen and oxygen atoms in total. The monoisotopic (exact) mass is 546 g/mol. The summed E-state index contributed by atoms with van der Waals surface area (Å²) < 4.78 is 81.9. The van der Waals surface area contributed by atoms with E-state index in [-0.39, 0.29) is 11.1 Å². The fourth-order valence-electron chi connectivity index (χ4n) is 3.68. The number of amides is 1. The maximum Gasteiger partial charge on any atom is 0.417 e. The molecule has 0 heterocycles. The summed E-state index contributed by atoms with van der Waals surface area (Å²) >= 11 is 0. The molecule has 39 heavy (non-hydrogen) atoms. The Kier molecular flexibility index (Phi) is 9.24. The Morgan fingerprint density at radius 3 is 1.36 bits per heavy atom. The summed E-state index contributed by atoms with van der Waals surface area (Å²) in [5, 5.41) is 5.36. The Hall–Kier alpha value is -4.47. The van der Waals surface area contributed by atoms with E-state index >= 15 is 0 Å². The number of alkyl halides is 6. The second-order valence-corrected chi connectivity index (χ2v) is 8.11. The van der Waals surface area contributed by atoms with Crippen molar-refractivity contribution in [1.82, 2.24) is 0 Å². The van der Waals surface area contributed by atoms with Crippen LogP contribution in [0.1, 0.15) is 11.1 Å². The van der Waals surface area contributed by atoms with E-state index in [1.807, 2.05) is 0 Å². The van der Waals surface area contributed by atoms with E-state index in [9.17, 15) is 31.1 Å². The molecular weight excluding hydrogens is 522 g/mol. The first-order valence-electron chi connectivity index (χ1n) is 11.5. The molecule has 4 rings (SSSR count). The number of carbonyl (C=O) groups is 1. The Labute approximate surface area is 221 Å². The fourth-order valence-corrected chi connectivity index (χ4v) is 3.68. The average Bonchev–Trinajstić information content (AvgIpc) is 2.93. The predicted octanol–water partition coefficient (Wildman–Crippen LogP) is 8.96. The van der Waals surface area contributed by atoms with Gasteiger partial charge in [-0.05, 0) is 58.7 Å². The van der Waals surface area contributed by atoms with Gasteiger partial charge in [0.2, 0.25) is 0 Å². The molecule has 0 aliphatic carbocycles. The highest BCUT2D eigenvalue weighted by Gasteiger charge is 2.34. The summed E-state index contributed by atoms with van der Waals surface area (Å²) in [7, 11) is 2.99. The summed E-state index contributed by atoms with van der Waals surface area (Å²) in [6.45, 7) is 0. The predicted molar refractivity (Wildman–Crippen MR) is 139 cm³/mol.